The number of hydrogen-bond donors (Lipinski definition) is 2. The summed E-state index contributed by atoms with van der Waals surface area (Å²) < 4.78 is 5.18. The maximum Gasteiger partial charge on any atom is 0.321 e. The van der Waals surface area contributed by atoms with Crippen LogP contribution in [0.1, 0.15) is 44.6 Å². The van der Waals surface area contributed by atoms with E-state index in [9.17, 15) is 9.59 Å². The van der Waals surface area contributed by atoms with Gasteiger partial charge in [0.1, 0.15) is 5.75 Å². The van der Waals surface area contributed by atoms with Crippen molar-refractivity contribution in [2.45, 2.75) is 57.5 Å². The van der Waals surface area contributed by atoms with Gasteiger partial charge < -0.3 is 20.3 Å². The van der Waals surface area contributed by atoms with E-state index in [0.717, 1.165) is 37.1 Å². The summed E-state index contributed by atoms with van der Waals surface area (Å²) in [6.45, 7) is 4.75. The molecule has 1 saturated heterocycles. The van der Waals surface area contributed by atoms with E-state index in [1.165, 1.54) is 18.4 Å². The number of ether oxygens (including phenoxy) is 1. The Balaban J connectivity index is 1.30. The molecule has 1 aliphatic carbocycles. The maximum atomic E-state index is 13.5. The van der Waals surface area contributed by atoms with Crippen LogP contribution in [0.4, 0.5) is 10.5 Å². The third-order valence-corrected chi connectivity index (χ3v) is 7.55. The zero-order valence-electron chi connectivity index (χ0n) is 21.6. The zero-order valence-corrected chi connectivity index (χ0v) is 21.6. The van der Waals surface area contributed by atoms with Crippen molar-refractivity contribution in [3.05, 3.63) is 60.2 Å². The van der Waals surface area contributed by atoms with Gasteiger partial charge in [-0.15, -0.1) is 0 Å². The molecule has 1 aliphatic heterocycles. The molecule has 2 N–H and O–H groups in total. The molecule has 3 amide bonds. The first-order valence-corrected chi connectivity index (χ1v) is 13.3. The van der Waals surface area contributed by atoms with Gasteiger partial charge in [-0.25, -0.2) is 4.79 Å². The topological polar surface area (TPSA) is 73.9 Å². The fourth-order valence-electron chi connectivity index (χ4n) is 5.46. The molecule has 0 spiro atoms. The average Bonchev–Trinajstić information content (AvgIpc) is 3.43. The van der Waals surface area contributed by atoms with E-state index in [1.807, 2.05) is 35.2 Å². The number of nitrogens with zero attached hydrogens (tertiary/aromatic N) is 2. The Kier molecular flexibility index (Phi) is 9.23. The van der Waals surface area contributed by atoms with Crippen LogP contribution < -0.4 is 15.4 Å². The highest BCUT2D eigenvalue weighted by molar-refractivity contribution is 5.89. The Bertz CT molecular complexity index is 968. The summed E-state index contributed by atoms with van der Waals surface area (Å²) >= 11 is 0. The van der Waals surface area contributed by atoms with Gasteiger partial charge in [0.2, 0.25) is 5.91 Å². The minimum atomic E-state index is -0.113. The molecule has 36 heavy (non-hydrogen) atoms. The summed E-state index contributed by atoms with van der Waals surface area (Å²) in [5, 5.41) is 6.29. The Labute approximate surface area is 215 Å². The third kappa shape index (κ3) is 7.00. The Morgan fingerprint density at radius 3 is 2.28 bits per heavy atom. The molecule has 1 saturated carbocycles. The van der Waals surface area contributed by atoms with E-state index in [-0.39, 0.29) is 24.0 Å². The quantitative estimate of drug-likeness (QED) is 0.539. The van der Waals surface area contributed by atoms with Crippen LogP contribution in [0.25, 0.3) is 0 Å². The second-order valence-electron chi connectivity index (χ2n) is 10.1. The smallest absolute Gasteiger partial charge is 0.321 e. The lowest BCUT2D eigenvalue weighted by Gasteiger charge is -2.41. The first kappa shape index (κ1) is 26.0. The highest BCUT2D eigenvalue weighted by atomic mass is 16.5. The van der Waals surface area contributed by atoms with Gasteiger partial charge >= 0.3 is 6.03 Å². The van der Waals surface area contributed by atoms with Crippen LogP contribution in [-0.4, -0.2) is 67.1 Å². The number of carbonyl (C=O) groups excluding carboxylic acids is 2. The SMILES string of the molecule is COc1ccc(NC(=O)N2CCN([C@H](C(=O)N[C@H](C)CCc3ccccc3)C3CCCC3)CC2)cc1. The van der Waals surface area contributed by atoms with Crippen molar-refractivity contribution in [2.75, 3.05) is 38.6 Å². The molecule has 7 nitrogen and oxygen atoms in total. The zero-order chi connectivity index (χ0) is 25.3. The normalized spacial score (nSPS) is 18.4. The Morgan fingerprint density at radius 1 is 0.972 bits per heavy atom. The highest BCUT2D eigenvalue weighted by Gasteiger charge is 2.37. The summed E-state index contributed by atoms with van der Waals surface area (Å²) in [5.41, 5.74) is 2.05. The van der Waals surface area contributed by atoms with Gasteiger partial charge in [-0.1, -0.05) is 43.2 Å². The predicted molar refractivity (Wildman–Crippen MR) is 143 cm³/mol. The summed E-state index contributed by atoms with van der Waals surface area (Å²) in [7, 11) is 1.62. The summed E-state index contributed by atoms with van der Waals surface area (Å²) in [6.07, 6.45) is 6.48. The lowest BCUT2D eigenvalue weighted by atomic mass is 9.94. The lowest BCUT2D eigenvalue weighted by molar-refractivity contribution is -0.129. The second kappa shape index (κ2) is 12.8. The molecule has 7 heteroatoms. The van der Waals surface area contributed by atoms with Crippen molar-refractivity contribution in [1.29, 1.82) is 0 Å². The number of benzene rings is 2. The minimum absolute atomic E-state index is 0.101. The third-order valence-electron chi connectivity index (χ3n) is 7.55. The largest absolute Gasteiger partial charge is 0.497 e. The van der Waals surface area contributed by atoms with Crippen molar-refractivity contribution < 1.29 is 14.3 Å². The van der Waals surface area contributed by atoms with E-state index in [0.29, 0.717) is 32.1 Å². The number of rotatable bonds is 9. The number of hydrogen-bond acceptors (Lipinski definition) is 4. The van der Waals surface area contributed by atoms with E-state index < -0.39 is 0 Å². The molecule has 4 rings (SSSR count). The van der Waals surface area contributed by atoms with E-state index in [1.54, 1.807) is 7.11 Å². The molecule has 0 unspecified atom stereocenters. The molecule has 2 fully saturated rings. The van der Waals surface area contributed by atoms with Crippen LogP contribution in [-0.2, 0) is 11.2 Å². The number of amides is 3. The minimum Gasteiger partial charge on any atom is -0.497 e. The number of methoxy groups -OCH3 is 1. The molecular formula is C29H40N4O3. The van der Waals surface area contributed by atoms with Gasteiger partial charge in [0.05, 0.1) is 13.2 Å². The van der Waals surface area contributed by atoms with E-state index in [2.05, 4.69) is 46.7 Å². The molecule has 0 aromatic heterocycles. The number of piperazine rings is 1. The fourth-order valence-corrected chi connectivity index (χ4v) is 5.46. The molecule has 0 bridgehead atoms. The van der Waals surface area contributed by atoms with Crippen molar-refractivity contribution in [1.82, 2.24) is 15.1 Å². The van der Waals surface area contributed by atoms with Gasteiger partial charge in [-0.3, -0.25) is 9.69 Å². The standard InChI is InChI=1S/C29H40N4O3/c1-22(12-13-23-8-4-3-5-9-23)30-28(34)27(24-10-6-7-11-24)32-18-20-33(21-19-32)29(35)31-25-14-16-26(36-2)17-15-25/h3-5,8-9,14-17,22,24,27H,6-7,10-13,18-21H2,1-2H3,(H,30,34)(H,31,35)/t22-,27+/m1/s1. The first-order chi connectivity index (χ1) is 17.5. The molecule has 2 aliphatic rings. The summed E-state index contributed by atoms with van der Waals surface area (Å²) in [5.74, 6) is 1.30. The van der Waals surface area contributed by atoms with Crippen molar-refractivity contribution >= 4 is 17.6 Å². The van der Waals surface area contributed by atoms with Crippen molar-refractivity contribution in [3.63, 3.8) is 0 Å². The van der Waals surface area contributed by atoms with E-state index >= 15 is 0 Å². The molecule has 1 heterocycles. The van der Waals surface area contributed by atoms with Gasteiger partial charge in [0.25, 0.3) is 0 Å². The van der Waals surface area contributed by atoms with Crippen LogP contribution in [0, 0.1) is 5.92 Å². The van der Waals surface area contributed by atoms with Crippen molar-refractivity contribution in [2.24, 2.45) is 5.92 Å². The highest BCUT2D eigenvalue weighted by Crippen LogP contribution is 2.31. The van der Waals surface area contributed by atoms with Crippen molar-refractivity contribution in [3.8, 4) is 5.75 Å². The molecule has 2 aromatic carbocycles. The maximum absolute atomic E-state index is 13.5. The van der Waals surface area contributed by atoms with Gasteiger partial charge in [-0.2, -0.15) is 0 Å². The molecule has 0 radical (unpaired) electrons. The monoisotopic (exact) mass is 492 g/mol. The van der Waals surface area contributed by atoms with Gasteiger partial charge in [0, 0.05) is 37.9 Å². The summed E-state index contributed by atoms with van der Waals surface area (Å²) in [4.78, 5) is 30.5. The Morgan fingerprint density at radius 2 is 1.64 bits per heavy atom. The number of nitrogens with one attached hydrogen (secondary N) is 2. The second-order valence-corrected chi connectivity index (χ2v) is 10.1. The number of carbonyl (C=O) groups is 2. The van der Waals surface area contributed by atoms with Crippen LogP contribution in [0.2, 0.25) is 0 Å². The first-order valence-electron chi connectivity index (χ1n) is 13.3. The number of aryl methyl sites for hydroxylation is 1. The van der Waals surface area contributed by atoms with Crippen LogP contribution >= 0.6 is 0 Å². The van der Waals surface area contributed by atoms with Crippen LogP contribution in [0.15, 0.2) is 54.6 Å². The average molecular weight is 493 g/mol. The number of anilines is 1. The van der Waals surface area contributed by atoms with Crippen LogP contribution in [0.3, 0.4) is 0 Å². The van der Waals surface area contributed by atoms with Gasteiger partial charge in [-0.05, 0) is 68.4 Å². The molecule has 2 aromatic rings. The lowest BCUT2D eigenvalue weighted by Crippen LogP contribution is -2.59. The molecule has 2 atom stereocenters. The number of urea groups is 1. The van der Waals surface area contributed by atoms with Crippen LogP contribution in [0.5, 0.6) is 5.75 Å². The molecule has 194 valence electrons. The Hall–Kier alpha value is -3.06. The van der Waals surface area contributed by atoms with E-state index in [4.69, 9.17) is 4.74 Å². The fraction of sp³-hybridized carbons (Fsp3) is 0.517. The molecular weight excluding hydrogens is 452 g/mol. The predicted octanol–water partition coefficient (Wildman–Crippen LogP) is 4.54. The van der Waals surface area contributed by atoms with Gasteiger partial charge in [0.15, 0.2) is 0 Å². The summed E-state index contributed by atoms with van der Waals surface area (Å²) in [6, 6.07) is 17.7.